The van der Waals surface area contributed by atoms with E-state index in [-0.39, 0.29) is 29.4 Å². The Bertz CT molecular complexity index is 1230. The number of aromatic nitrogens is 1. The molecule has 3 rings (SSSR count). The number of primary sulfonamides is 1. The van der Waals surface area contributed by atoms with E-state index in [1.54, 1.807) is 48.8 Å². The molecule has 32 heavy (non-hydrogen) atoms. The van der Waals surface area contributed by atoms with Gasteiger partial charge in [-0.25, -0.2) is 18.4 Å². The lowest BCUT2D eigenvalue weighted by Gasteiger charge is -2.17. The Kier molecular flexibility index (Phi) is 7.10. The predicted molar refractivity (Wildman–Crippen MR) is 122 cm³/mol. The van der Waals surface area contributed by atoms with Crippen molar-refractivity contribution >= 4 is 39.0 Å². The zero-order valence-electron chi connectivity index (χ0n) is 16.6. The molecule has 12 heteroatoms. The summed E-state index contributed by atoms with van der Waals surface area (Å²) < 4.78 is 31.9. The van der Waals surface area contributed by atoms with Crippen LogP contribution in [0.1, 0.15) is 10.4 Å². The predicted octanol–water partition coefficient (Wildman–Crippen LogP) is 1.89. The van der Waals surface area contributed by atoms with Crippen molar-refractivity contribution in [3.05, 3.63) is 66.5 Å². The van der Waals surface area contributed by atoms with Crippen molar-refractivity contribution in [2.75, 3.05) is 18.5 Å². The van der Waals surface area contributed by atoms with Crippen LogP contribution in [-0.2, 0) is 10.0 Å². The summed E-state index contributed by atoms with van der Waals surface area (Å²) >= 11 is 5.10. The fraction of sp³-hybridized carbons (Fsp3) is 0.100. The number of aromatic carboxylic acids is 1. The van der Waals surface area contributed by atoms with E-state index in [0.29, 0.717) is 17.3 Å². The first kappa shape index (κ1) is 23.2. The molecule has 0 aliphatic carbocycles. The number of rotatable bonds is 8. The van der Waals surface area contributed by atoms with E-state index in [1.807, 2.05) is 0 Å². The zero-order valence-corrected chi connectivity index (χ0v) is 18.2. The summed E-state index contributed by atoms with van der Waals surface area (Å²) in [5.41, 5.74) is 0.565. The maximum Gasteiger partial charge on any atom is 0.335 e. The maximum absolute atomic E-state index is 12.2. The number of thiocarbonyl (C=S) groups is 1. The standard InChI is InChI=1S/C20H20N4O6S2/c21-32(28,29)17-12-13(19(26)27)11-16(24-8-1-2-9-24)18(17)30-15-5-3-14(4-6-15)23-20(31)22-7-10-25/h1-6,8-9,11-12,25H,7,10H2,(H,26,27)(H2,21,28,29)(H2,22,23,31). The minimum absolute atomic E-state index is 0.0641. The molecule has 6 N–H and O–H groups in total. The Balaban J connectivity index is 2.00. The number of ether oxygens (including phenoxy) is 1. The minimum atomic E-state index is -4.32. The second kappa shape index (κ2) is 9.78. The summed E-state index contributed by atoms with van der Waals surface area (Å²) in [6.45, 7) is 0.239. The molecule has 0 saturated carbocycles. The average Bonchev–Trinajstić information content (AvgIpc) is 3.27. The van der Waals surface area contributed by atoms with E-state index in [4.69, 9.17) is 27.2 Å². The van der Waals surface area contributed by atoms with Gasteiger partial charge in [-0.1, -0.05) is 0 Å². The van der Waals surface area contributed by atoms with Crippen molar-refractivity contribution in [2.24, 2.45) is 5.14 Å². The number of aliphatic hydroxyl groups is 1. The fourth-order valence-corrected chi connectivity index (χ4v) is 3.70. The Hall–Kier alpha value is -3.45. The van der Waals surface area contributed by atoms with Gasteiger partial charge in [0.15, 0.2) is 10.9 Å². The van der Waals surface area contributed by atoms with E-state index in [2.05, 4.69) is 10.6 Å². The van der Waals surface area contributed by atoms with Gasteiger partial charge in [0, 0.05) is 24.6 Å². The van der Waals surface area contributed by atoms with Gasteiger partial charge in [0.25, 0.3) is 0 Å². The number of nitrogens with zero attached hydrogens (tertiary/aromatic N) is 1. The number of carbonyl (C=O) groups is 1. The summed E-state index contributed by atoms with van der Waals surface area (Å²) in [5, 5.41) is 29.7. The molecule has 10 nitrogen and oxygen atoms in total. The van der Waals surface area contributed by atoms with Crippen molar-refractivity contribution < 1.29 is 28.2 Å². The lowest BCUT2D eigenvalue weighted by atomic mass is 10.1. The van der Waals surface area contributed by atoms with Gasteiger partial charge in [-0.05, 0) is 60.7 Å². The first-order valence-corrected chi connectivity index (χ1v) is 11.2. The van der Waals surface area contributed by atoms with Gasteiger partial charge in [0.05, 0.1) is 17.9 Å². The second-order valence-corrected chi connectivity index (χ2v) is 8.43. The lowest BCUT2D eigenvalue weighted by Crippen LogP contribution is -2.30. The van der Waals surface area contributed by atoms with Gasteiger partial charge >= 0.3 is 5.97 Å². The number of hydrogen-bond donors (Lipinski definition) is 5. The maximum atomic E-state index is 12.2. The van der Waals surface area contributed by atoms with E-state index in [0.717, 1.165) is 6.07 Å². The molecular weight excluding hydrogens is 456 g/mol. The molecule has 168 valence electrons. The number of carboxylic acids is 1. The van der Waals surface area contributed by atoms with Crippen LogP contribution in [0.5, 0.6) is 11.5 Å². The average molecular weight is 477 g/mol. The van der Waals surface area contributed by atoms with Crippen LogP contribution in [0.15, 0.2) is 65.8 Å². The Morgan fingerprint density at radius 3 is 2.38 bits per heavy atom. The molecule has 0 aliphatic rings. The van der Waals surface area contributed by atoms with Crippen molar-refractivity contribution in [2.45, 2.75) is 4.90 Å². The molecule has 0 radical (unpaired) electrons. The molecule has 0 atom stereocenters. The molecule has 1 aromatic heterocycles. The summed E-state index contributed by atoms with van der Waals surface area (Å²) in [6.07, 6.45) is 3.24. The number of hydrogen-bond acceptors (Lipinski definition) is 6. The lowest BCUT2D eigenvalue weighted by molar-refractivity contribution is 0.0696. The smallest absolute Gasteiger partial charge is 0.335 e. The van der Waals surface area contributed by atoms with Gasteiger partial charge in [0.1, 0.15) is 10.6 Å². The monoisotopic (exact) mass is 476 g/mol. The number of nitrogens with two attached hydrogens (primary N) is 1. The second-order valence-electron chi connectivity index (χ2n) is 6.49. The van der Waals surface area contributed by atoms with Gasteiger partial charge in [-0.2, -0.15) is 0 Å². The van der Waals surface area contributed by atoms with Crippen LogP contribution in [-0.4, -0.2) is 47.4 Å². The third-order valence-corrected chi connectivity index (χ3v) is 5.36. The summed E-state index contributed by atoms with van der Waals surface area (Å²) in [6, 6.07) is 12.1. The van der Waals surface area contributed by atoms with Crippen LogP contribution in [0, 0.1) is 0 Å². The minimum Gasteiger partial charge on any atom is -0.478 e. The third-order valence-electron chi connectivity index (χ3n) is 4.20. The Morgan fingerprint density at radius 2 is 1.81 bits per heavy atom. The van der Waals surface area contributed by atoms with Gasteiger partial charge in [0.2, 0.25) is 10.0 Å². The zero-order chi connectivity index (χ0) is 23.3. The highest BCUT2D eigenvalue weighted by Gasteiger charge is 2.24. The molecule has 0 saturated heterocycles. The van der Waals surface area contributed by atoms with Crippen LogP contribution < -0.4 is 20.5 Å². The first-order valence-electron chi connectivity index (χ1n) is 9.20. The Morgan fingerprint density at radius 1 is 1.16 bits per heavy atom. The van der Waals surface area contributed by atoms with Crippen molar-refractivity contribution in [3.8, 4) is 17.2 Å². The van der Waals surface area contributed by atoms with E-state index < -0.39 is 20.9 Å². The quantitative estimate of drug-likeness (QED) is 0.306. The molecule has 0 aliphatic heterocycles. The molecule has 0 amide bonds. The third kappa shape index (κ3) is 5.62. The molecule has 0 fully saturated rings. The number of benzene rings is 2. The fourth-order valence-electron chi connectivity index (χ4n) is 2.78. The van der Waals surface area contributed by atoms with Gasteiger partial charge in [-0.15, -0.1) is 0 Å². The highest BCUT2D eigenvalue weighted by atomic mass is 32.2. The topological polar surface area (TPSA) is 156 Å². The molecular formula is C20H20N4O6S2. The summed E-state index contributed by atoms with van der Waals surface area (Å²) in [5.74, 6) is -1.14. The Labute approximate surface area is 189 Å². The van der Waals surface area contributed by atoms with E-state index in [1.165, 1.54) is 10.6 Å². The van der Waals surface area contributed by atoms with E-state index in [9.17, 15) is 18.3 Å². The number of aliphatic hydroxyl groups excluding tert-OH is 1. The molecule has 3 aromatic rings. The van der Waals surface area contributed by atoms with Gasteiger partial charge in [-0.3, -0.25) is 0 Å². The van der Waals surface area contributed by atoms with Crippen LogP contribution in [0.2, 0.25) is 0 Å². The molecule has 0 spiro atoms. The van der Waals surface area contributed by atoms with Crippen LogP contribution >= 0.6 is 12.2 Å². The van der Waals surface area contributed by atoms with Crippen LogP contribution in [0.3, 0.4) is 0 Å². The highest BCUT2D eigenvalue weighted by Crippen LogP contribution is 2.36. The molecule has 2 aromatic carbocycles. The van der Waals surface area contributed by atoms with Crippen molar-refractivity contribution in [1.29, 1.82) is 0 Å². The number of carboxylic acid groups (broad SMARTS) is 1. The number of sulfonamides is 1. The van der Waals surface area contributed by atoms with Crippen molar-refractivity contribution in [1.82, 2.24) is 9.88 Å². The highest BCUT2D eigenvalue weighted by molar-refractivity contribution is 7.89. The van der Waals surface area contributed by atoms with Crippen LogP contribution in [0.4, 0.5) is 5.69 Å². The van der Waals surface area contributed by atoms with Gasteiger partial charge < -0.3 is 30.2 Å². The summed E-state index contributed by atoms with van der Waals surface area (Å²) in [4.78, 5) is 11.1. The molecule has 1 heterocycles. The largest absolute Gasteiger partial charge is 0.478 e. The normalized spacial score (nSPS) is 11.1. The molecule has 0 unspecified atom stereocenters. The summed E-state index contributed by atoms with van der Waals surface area (Å²) in [7, 11) is -4.32. The van der Waals surface area contributed by atoms with E-state index >= 15 is 0 Å². The number of nitrogens with one attached hydrogen (secondary N) is 2. The molecule has 0 bridgehead atoms. The first-order chi connectivity index (χ1) is 15.2. The number of anilines is 1. The van der Waals surface area contributed by atoms with Crippen LogP contribution in [0.25, 0.3) is 5.69 Å². The SMILES string of the molecule is NS(=O)(=O)c1cc(C(=O)O)cc(-n2cccc2)c1Oc1ccc(NC(=S)NCCO)cc1. The van der Waals surface area contributed by atoms with Crippen molar-refractivity contribution in [3.63, 3.8) is 0 Å².